The Hall–Kier alpha value is -7.11. The number of furan rings is 1. The smallest absolute Gasteiger partial charge is 0.164 e. The molecule has 0 bridgehead atoms. The lowest BCUT2D eigenvalue weighted by Crippen LogP contribution is -2.00. The van der Waals surface area contributed by atoms with Crippen molar-refractivity contribution >= 4 is 65.3 Å². The van der Waals surface area contributed by atoms with Crippen LogP contribution >= 0.6 is 0 Å². The third-order valence-corrected chi connectivity index (χ3v) is 10.2. The van der Waals surface area contributed by atoms with E-state index in [-0.39, 0.29) is 0 Å². The number of nitrogens with zero attached hydrogens (tertiary/aromatic N) is 4. The molecule has 0 spiro atoms. The van der Waals surface area contributed by atoms with Crippen molar-refractivity contribution in [2.75, 3.05) is 0 Å². The highest BCUT2D eigenvalue weighted by molar-refractivity contribution is 6.19. The second kappa shape index (κ2) is 11.2. The summed E-state index contributed by atoms with van der Waals surface area (Å²) < 4.78 is 9.23. The first-order valence-corrected chi connectivity index (χ1v) is 17.4. The summed E-state index contributed by atoms with van der Waals surface area (Å²) >= 11 is 0. The zero-order valence-corrected chi connectivity index (χ0v) is 27.9. The summed E-state index contributed by atoms with van der Waals surface area (Å²) in [4.78, 5) is 15.0. The van der Waals surface area contributed by atoms with E-state index in [0.717, 1.165) is 55.2 Å². The Morgan fingerprint density at radius 2 is 1.00 bits per heavy atom. The van der Waals surface area contributed by atoms with Crippen molar-refractivity contribution in [3.8, 4) is 39.9 Å². The first-order valence-electron chi connectivity index (χ1n) is 17.4. The van der Waals surface area contributed by atoms with Crippen molar-refractivity contribution in [3.05, 3.63) is 170 Å². The number of rotatable bonds is 4. The molecule has 0 unspecified atom stereocenters. The van der Waals surface area contributed by atoms with Gasteiger partial charge in [-0.25, -0.2) is 15.0 Å². The third-order valence-electron chi connectivity index (χ3n) is 10.2. The molecule has 0 radical (unpaired) electrons. The first-order chi connectivity index (χ1) is 25.8. The van der Waals surface area contributed by atoms with Crippen LogP contribution in [-0.4, -0.2) is 19.5 Å². The molecule has 0 saturated heterocycles. The predicted octanol–water partition coefficient (Wildman–Crippen LogP) is 12.2. The van der Waals surface area contributed by atoms with Crippen LogP contribution in [0.5, 0.6) is 0 Å². The SMILES string of the molecule is c1ccc(-c2nc(-c3ccc4ccccc4c3)nc(-c3ccc4c(c3)oc3c(-n5c6ccccc6c6ccc7ccccc7c65)cccc34)n2)cc1. The highest BCUT2D eigenvalue weighted by atomic mass is 16.3. The first kappa shape index (κ1) is 28.7. The van der Waals surface area contributed by atoms with E-state index in [2.05, 4.69) is 144 Å². The fraction of sp³-hybridized carbons (Fsp3) is 0. The molecule has 0 atom stereocenters. The van der Waals surface area contributed by atoms with Gasteiger partial charge in [-0.2, -0.15) is 0 Å². The Balaban J connectivity index is 1.12. The van der Waals surface area contributed by atoms with Gasteiger partial charge in [0.05, 0.1) is 16.7 Å². The largest absolute Gasteiger partial charge is 0.454 e. The lowest BCUT2D eigenvalue weighted by atomic mass is 10.1. The number of hydrogen-bond donors (Lipinski definition) is 0. The molecule has 242 valence electrons. The number of hydrogen-bond acceptors (Lipinski definition) is 4. The summed E-state index contributed by atoms with van der Waals surface area (Å²) in [7, 11) is 0. The topological polar surface area (TPSA) is 56.7 Å². The van der Waals surface area contributed by atoms with Gasteiger partial charge in [0.1, 0.15) is 5.58 Å². The summed E-state index contributed by atoms with van der Waals surface area (Å²) in [6.07, 6.45) is 0. The standard InChI is InChI=1S/C47H28N4O/c1-2-13-31(14-3-1)45-48-46(33-22-21-29-11-4-5-15-32(29)27-33)50-47(49-45)34-24-25-37-39-18-10-20-41(44(39)52-42(37)28-34)51-40-19-9-8-17-36(40)38-26-23-30-12-6-7-16-35(30)43(38)51/h1-28H. The molecule has 0 amide bonds. The number of aromatic nitrogens is 4. The van der Waals surface area contributed by atoms with Crippen LogP contribution in [0, 0.1) is 0 Å². The van der Waals surface area contributed by atoms with E-state index in [1.807, 2.05) is 30.3 Å². The summed E-state index contributed by atoms with van der Waals surface area (Å²) in [6.45, 7) is 0. The van der Waals surface area contributed by atoms with Gasteiger partial charge in [0.25, 0.3) is 0 Å². The minimum absolute atomic E-state index is 0.591. The molecule has 5 nitrogen and oxygen atoms in total. The molecule has 0 fully saturated rings. The molecule has 0 aliphatic carbocycles. The van der Waals surface area contributed by atoms with Crippen molar-refractivity contribution in [1.29, 1.82) is 0 Å². The number of para-hydroxylation sites is 2. The number of benzene rings is 8. The van der Waals surface area contributed by atoms with Crippen LogP contribution in [0.4, 0.5) is 0 Å². The highest BCUT2D eigenvalue weighted by Crippen LogP contribution is 2.41. The molecule has 0 aliphatic heterocycles. The average molecular weight is 665 g/mol. The Kier molecular flexibility index (Phi) is 6.18. The monoisotopic (exact) mass is 664 g/mol. The molecule has 52 heavy (non-hydrogen) atoms. The van der Waals surface area contributed by atoms with Crippen molar-refractivity contribution in [3.63, 3.8) is 0 Å². The molecule has 8 aromatic carbocycles. The van der Waals surface area contributed by atoms with E-state index in [0.29, 0.717) is 17.5 Å². The van der Waals surface area contributed by atoms with Gasteiger partial charge in [-0.1, -0.05) is 140 Å². The minimum atomic E-state index is 0.591. The van der Waals surface area contributed by atoms with Gasteiger partial charge in [0.2, 0.25) is 0 Å². The maximum atomic E-state index is 6.87. The maximum Gasteiger partial charge on any atom is 0.164 e. The van der Waals surface area contributed by atoms with E-state index in [1.165, 1.54) is 32.4 Å². The van der Waals surface area contributed by atoms with E-state index in [9.17, 15) is 0 Å². The summed E-state index contributed by atoms with van der Waals surface area (Å²) in [5, 5.41) is 9.25. The summed E-state index contributed by atoms with van der Waals surface area (Å²) in [5.74, 6) is 1.84. The minimum Gasteiger partial charge on any atom is -0.454 e. The Labute approximate surface area is 298 Å². The van der Waals surface area contributed by atoms with Crippen LogP contribution in [0.2, 0.25) is 0 Å². The van der Waals surface area contributed by atoms with E-state index in [4.69, 9.17) is 19.4 Å². The van der Waals surface area contributed by atoms with Crippen LogP contribution in [-0.2, 0) is 0 Å². The molecule has 0 saturated carbocycles. The second-order valence-electron chi connectivity index (χ2n) is 13.2. The quantitative estimate of drug-likeness (QED) is 0.188. The molecular formula is C47H28N4O. The van der Waals surface area contributed by atoms with Gasteiger partial charge in [0, 0.05) is 43.6 Å². The second-order valence-corrected chi connectivity index (χ2v) is 13.2. The predicted molar refractivity (Wildman–Crippen MR) is 213 cm³/mol. The molecule has 3 aromatic heterocycles. The molecule has 11 aromatic rings. The number of fused-ring (bicyclic) bond motifs is 9. The highest BCUT2D eigenvalue weighted by Gasteiger charge is 2.20. The van der Waals surface area contributed by atoms with Crippen molar-refractivity contribution < 1.29 is 4.42 Å². The van der Waals surface area contributed by atoms with Crippen molar-refractivity contribution in [1.82, 2.24) is 19.5 Å². The fourth-order valence-corrected chi connectivity index (χ4v) is 7.76. The van der Waals surface area contributed by atoms with Gasteiger partial charge < -0.3 is 8.98 Å². The maximum absolute atomic E-state index is 6.87. The van der Waals surface area contributed by atoms with Crippen LogP contribution in [0.1, 0.15) is 0 Å². The van der Waals surface area contributed by atoms with Gasteiger partial charge in [-0.05, 0) is 46.5 Å². The van der Waals surface area contributed by atoms with Crippen LogP contribution in [0.15, 0.2) is 174 Å². The molecule has 11 rings (SSSR count). The summed E-state index contributed by atoms with van der Waals surface area (Å²) in [6, 6.07) is 59.2. The molecule has 3 heterocycles. The molecule has 0 N–H and O–H groups in total. The Bertz CT molecular complexity index is 3190. The van der Waals surface area contributed by atoms with E-state index < -0.39 is 0 Å². The Morgan fingerprint density at radius 1 is 0.385 bits per heavy atom. The molecule has 5 heteroatoms. The lowest BCUT2D eigenvalue weighted by Gasteiger charge is -2.10. The van der Waals surface area contributed by atoms with Gasteiger partial charge in [-0.3, -0.25) is 0 Å². The van der Waals surface area contributed by atoms with Crippen molar-refractivity contribution in [2.24, 2.45) is 0 Å². The van der Waals surface area contributed by atoms with E-state index in [1.54, 1.807) is 0 Å². The fourth-order valence-electron chi connectivity index (χ4n) is 7.76. The summed E-state index contributed by atoms with van der Waals surface area (Å²) in [5.41, 5.74) is 7.66. The average Bonchev–Trinajstić information content (AvgIpc) is 3.76. The van der Waals surface area contributed by atoms with Crippen LogP contribution in [0.25, 0.3) is 105 Å². The molecule has 0 aliphatic rings. The zero-order valence-electron chi connectivity index (χ0n) is 27.9. The van der Waals surface area contributed by atoms with Crippen molar-refractivity contribution in [2.45, 2.75) is 0 Å². The van der Waals surface area contributed by atoms with Gasteiger partial charge in [-0.15, -0.1) is 0 Å². The van der Waals surface area contributed by atoms with E-state index >= 15 is 0 Å². The normalized spacial score (nSPS) is 11.8. The lowest BCUT2D eigenvalue weighted by molar-refractivity contribution is 0.666. The van der Waals surface area contributed by atoms with Crippen LogP contribution < -0.4 is 0 Å². The third kappa shape index (κ3) is 4.39. The molecular weight excluding hydrogens is 637 g/mol. The van der Waals surface area contributed by atoms with Gasteiger partial charge in [0.15, 0.2) is 23.1 Å². The Morgan fingerprint density at radius 3 is 1.85 bits per heavy atom. The van der Waals surface area contributed by atoms with Crippen LogP contribution in [0.3, 0.4) is 0 Å². The zero-order chi connectivity index (χ0) is 34.2. The van der Waals surface area contributed by atoms with Gasteiger partial charge >= 0.3 is 0 Å².